The van der Waals surface area contributed by atoms with Gasteiger partial charge in [0.1, 0.15) is 18.0 Å². The maximum absolute atomic E-state index is 13.8. The van der Waals surface area contributed by atoms with Crippen molar-refractivity contribution in [2.75, 3.05) is 45.3 Å². The summed E-state index contributed by atoms with van der Waals surface area (Å²) >= 11 is 0. The number of Topliss-reactive ketones (excluding diaryl/α,β-unsaturated/α-hetero) is 1. The van der Waals surface area contributed by atoms with Gasteiger partial charge in [0, 0.05) is 28.8 Å². The van der Waals surface area contributed by atoms with Crippen LogP contribution in [0.1, 0.15) is 28.5 Å². The summed E-state index contributed by atoms with van der Waals surface area (Å²) in [6, 6.07) is 25.0. The maximum atomic E-state index is 13.8. The Balaban J connectivity index is 1.37. The standard InChI is InChI=1S/C31H35N3O3/c1-22-19-32(16-17-33(22)25-10-12-26(36-3)13-11-25)21-30(35)31-23(2)34(20-24-8-6-5-7-9-24)29-15-14-27(37-4)18-28(29)31/h5-15,18,22H,16-17,19-21H2,1-4H3/p+1/t22-/m1/s1. The van der Waals surface area contributed by atoms with E-state index < -0.39 is 0 Å². The Kier molecular flexibility index (Phi) is 7.19. The summed E-state index contributed by atoms with van der Waals surface area (Å²) in [7, 11) is 3.36. The molecule has 1 saturated heterocycles. The maximum Gasteiger partial charge on any atom is 0.219 e. The summed E-state index contributed by atoms with van der Waals surface area (Å²) < 4.78 is 13.1. The van der Waals surface area contributed by atoms with E-state index >= 15 is 0 Å². The molecule has 1 unspecified atom stereocenters. The van der Waals surface area contributed by atoms with Crippen molar-refractivity contribution in [3.8, 4) is 11.5 Å². The summed E-state index contributed by atoms with van der Waals surface area (Å²) in [5.74, 6) is 1.83. The van der Waals surface area contributed by atoms with Crippen LogP contribution in [0.5, 0.6) is 11.5 Å². The fourth-order valence-electron chi connectivity index (χ4n) is 5.67. The number of carbonyl (C=O) groups is 1. The SMILES string of the molecule is COc1ccc(N2CC[NH+](CC(=O)c3c(C)n(Cc4ccccc4)c4ccc(OC)cc34)C[C@H]2C)cc1. The van der Waals surface area contributed by atoms with Crippen molar-refractivity contribution < 1.29 is 19.2 Å². The van der Waals surface area contributed by atoms with E-state index in [2.05, 4.69) is 65.8 Å². The Labute approximate surface area is 219 Å². The average Bonchev–Trinajstić information content (AvgIpc) is 3.19. The summed E-state index contributed by atoms with van der Waals surface area (Å²) in [5.41, 5.74) is 5.32. The van der Waals surface area contributed by atoms with Gasteiger partial charge in [0.25, 0.3) is 0 Å². The van der Waals surface area contributed by atoms with E-state index in [9.17, 15) is 4.79 Å². The zero-order valence-corrected chi connectivity index (χ0v) is 22.2. The molecule has 37 heavy (non-hydrogen) atoms. The third kappa shape index (κ3) is 5.07. The van der Waals surface area contributed by atoms with Gasteiger partial charge in [-0.2, -0.15) is 0 Å². The van der Waals surface area contributed by atoms with Gasteiger partial charge in [-0.3, -0.25) is 4.79 Å². The van der Waals surface area contributed by atoms with Crippen LogP contribution >= 0.6 is 0 Å². The molecule has 0 aliphatic carbocycles. The van der Waals surface area contributed by atoms with Gasteiger partial charge in [0.05, 0.1) is 45.5 Å². The van der Waals surface area contributed by atoms with Crippen molar-refractivity contribution in [2.24, 2.45) is 0 Å². The van der Waals surface area contributed by atoms with Crippen molar-refractivity contribution in [3.05, 3.63) is 89.6 Å². The second-order valence-corrected chi connectivity index (χ2v) is 9.96. The number of ketones is 1. The van der Waals surface area contributed by atoms with Gasteiger partial charge in [-0.1, -0.05) is 30.3 Å². The lowest BCUT2D eigenvalue weighted by atomic mass is 10.0. The molecule has 0 saturated carbocycles. The summed E-state index contributed by atoms with van der Waals surface area (Å²) in [4.78, 5) is 17.6. The number of nitrogens with zero attached hydrogens (tertiary/aromatic N) is 2. The number of hydrogen-bond donors (Lipinski definition) is 1. The zero-order chi connectivity index (χ0) is 25.9. The minimum Gasteiger partial charge on any atom is -0.497 e. The van der Waals surface area contributed by atoms with Crippen molar-refractivity contribution in [1.29, 1.82) is 0 Å². The van der Waals surface area contributed by atoms with E-state index in [4.69, 9.17) is 9.47 Å². The Hall–Kier alpha value is -3.77. The molecule has 1 aliphatic heterocycles. The van der Waals surface area contributed by atoms with Crippen LogP contribution in [0.3, 0.4) is 0 Å². The lowest BCUT2D eigenvalue weighted by Crippen LogP contribution is -3.16. The fourth-order valence-corrected chi connectivity index (χ4v) is 5.67. The van der Waals surface area contributed by atoms with E-state index in [1.54, 1.807) is 14.2 Å². The summed E-state index contributed by atoms with van der Waals surface area (Å²) in [6.07, 6.45) is 0. The molecule has 0 amide bonds. The number of anilines is 1. The number of rotatable bonds is 8. The molecule has 0 bridgehead atoms. The van der Waals surface area contributed by atoms with Crippen LogP contribution in [0.2, 0.25) is 0 Å². The Morgan fingerprint density at radius 2 is 1.68 bits per heavy atom. The van der Waals surface area contributed by atoms with Crippen molar-refractivity contribution >= 4 is 22.4 Å². The first-order chi connectivity index (χ1) is 18.0. The Morgan fingerprint density at radius 1 is 0.973 bits per heavy atom. The lowest BCUT2D eigenvalue weighted by molar-refractivity contribution is -0.894. The molecule has 1 fully saturated rings. The van der Waals surface area contributed by atoms with Gasteiger partial charge in [0.15, 0.2) is 0 Å². The second-order valence-electron chi connectivity index (χ2n) is 9.96. The van der Waals surface area contributed by atoms with Crippen molar-refractivity contribution in [2.45, 2.75) is 26.4 Å². The minimum absolute atomic E-state index is 0.197. The zero-order valence-electron chi connectivity index (χ0n) is 22.2. The van der Waals surface area contributed by atoms with Gasteiger partial charge in [-0.15, -0.1) is 0 Å². The van der Waals surface area contributed by atoms with Crippen molar-refractivity contribution in [1.82, 2.24) is 4.57 Å². The highest BCUT2D eigenvalue weighted by molar-refractivity contribution is 6.10. The molecule has 6 heteroatoms. The number of carbonyl (C=O) groups excluding carboxylic acids is 1. The highest BCUT2D eigenvalue weighted by atomic mass is 16.5. The number of methoxy groups -OCH3 is 2. The molecule has 0 radical (unpaired) electrons. The number of fused-ring (bicyclic) bond motifs is 1. The summed E-state index contributed by atoms with van der Waals surface area (Å²) in [5, 5.41) is 0.974. The molecule has 1 aromatic heterocycles. The van der Waals surface area contributed by atoms with E-state index in [0.717, 1.165) is 59.8 Å². The topological polar surface area (TPSA) is 48.1 Å². The Bertz CT molecular complexity index is 1380. The first-order valence-corrected chi connectivity index (χ1v) is 13.0. The molecule has 6 nitrogen and oxygen atoms in total. The van der Waals surface area contributed by atoms with Crippen LogP contribution in [0.15, 0.2) is 72.8 Å². The molecular formula is C31H36N3O3+. The molecule has 5 rings (SSSR count). The second kappa shape index (κ2) is 10.7. The van der Waals surface area contributed by atoms with Crippen molar-refractivity contribution in [3.63, 3.8) is 0 Å². The number of ether oxygens (including phenoxy) is 2. The molecule has 4 aromatic rings. The van der Waals surface area contributed by atoms with E-state index in [-0.39, 0.29) is 5.78 Å². The predicted octanol–water partition coefficient (Wildman–Crippen LogP) is 3.99. The molecule has 1 N–H and O–H groups in total. The van der Waals surface area contributed by atoms with Crippen LogP contribution in [0.25, 0.3) is 10.9 Å². The number of benzene rings is 3. The highest BCUT2D eigenvalue weighted by Crippen LogP contribution is 2.30. The van der Waals surface area contributed by atoms with Gasteiger partial charge in [0.2, 0.25) is 5.78 Å². The van der Waals surface area contributed by atoms with Crippen LogP contribution in [0, 0.1) is 6.92 Å². The molecular weight excluding hydrogens is 462 g/mol. The molecule has 192 valence electrons. The van der Waals surface area contributed by atoms with E-state index in [1.807, 2.05) is 30.3 Å². The number of nitrogens with one attached hydrogen (secondary N) is 1. The number of piperazine rings is 1. The first kappa shape index (κ1) is 24.9. The first-order valence-electron chi connectivity index (χ1n) is 13.0. The number of quaternary nitrogens is 1. The summed E-state index contributed by atoms with van der Waals surface area (Å²) in [6.45, 7) is 8.29. The Morgan fingerprint density at radius 3 is 2.35 bits per heavy atom. The van der Waals surface area contributed by atoms with Gasteiger partial charge in [-0.25, -0.2) is 0 Å². The lowest BCUT2D eigenvalue weighted by Gasteiger charge is -2.38. The van der Waals surface area contributed by atoms with Crippen LogP contribution in [-0.2, 0) is 6.54 Å². The van der Waals surface area contributed by atoms with Gasteiger partial charge < -0.3 is 23.8 Å². The van der Waals surface area contributed by atoms with Gasteiger partial charge in [-0.05, 0) is 61.9 Å². The smallest absolute Gasteiger partial charge is 0.219 e. The number of aromatic nitrogens is 1. The highest BCUT2D eigenvalue weighted by Gasteiger charge is 2.30. The molecule has 1 aliphatic rings. The fraction of sp³-hybridized carbons (Fsp3) is 0.323. The average molecular weight is 499 g/mol. The quantitative estimate of drug-likeness (QED) is 0.373. The van der Waals surface area contributed by atoms with Crippen LogP contribution in [-0.4, -0.2) is 56.8 Å². The number of hydrogen-bond acceptors (Lipinski definition) is 4. The normalized spacial score (nSPS) is 17.7. The largest absolute Gasteiger partial charge is 0.497 e. The molecule has 2 atom stereocenters. The minimum atomic E-state index is 0.197. The van der Waals surface area contributed by atoms with Crippen LogP contribution < -0.4 is 19.3 Å². The molecule has 3 aromatic carbocycles. The van der Waals surface area contributed by atoms with Gasteiger partial charge >= 0.3 is 0 Å². The third-order valence-corrected chi connectivity index (χ3v) is 7.63. The van der Waals surface area contributed by atoms with E-state index in [1.165, 1.54) is 16.2 Å². The molecule has 2 heterocycles. The molecule has 0 spiro atoms. The van der Waals surface area contributed by atoms with E-state index in [0.29, 0.717) is 12.6 Å². The predicted molar refractivity (Wildman–Crippen MR) is 148 cm³/mol. The third-order valence-electron chi connectivity index (χ3n) is 7.63. The monoisotopic (exact) mass is 498 g/mol. The van der Waals surface area contributed by atoms with Crippen LogP contribution in [0.4, 0.5) is 5.69 Å².